The Bertz CT molecular complexity index is 770. The Hall–Kier alpha value is -2.13. The molecule has 0 aliphatic heterocycles. The van der Waals surface area contributed by atoms with Crippen molar-refractivity contribution in [1.29, 1.82) is 0 Å². The molecule has 1 heterocycles. The van der Waals surface area contributed by atoms with E-state index in [1.54, 1.807) is 0 Å². The van der Waals surface area contributed by atoms with E-state index in [4.69, 9.17) is 0 Å². The van der Waals surface area contributed by atoms with Crippen molar-refractivity contribution in [3.8, 4) is 0 Å². The summed E-state index contributed by atoms with van der Waals surface area (Å²) in [6.07, 6.45) is 0. The summed E-state index contributed by atoms with van der Waals surface area (Å²) in [6, 6.07) is 21.4. The Balaban J connectivity index is 1.80. The van der Waals surface area contributed by atoms with Crippen molar-refractivity contribution in [2.45, 2.75) is 17.2 Å². The summed E-state index contributed by atoms with van der Waals surface area (Å²) < 4.78 is 0. The first kappa shape index (κ1) is 13.8. The Kier molecular flexibility index (Phi) is 4.02. The number of thioether (sulfide) groups is 1. The summed E-state index contributed by atoms with van der Waals surface area (Å²) in [5.41, 5.74) is 1.71. The normalized spacial score (nSPS) is 12.2. The van der Waals surface area contributed by atoms with Crippen LogP contribution < -0.4 is 0 Å². The molecule has 0 bridgehead atoms. The highest BCUT2D eigenvalue weighted by molar-refractivity contribution is 8.00. The second-order valence-corrected chi connectivity index (χ2v) is 6.19. The number of rotatable bonds is 4. The number of fused-ring (bicyclic) bond motifs is 1. The van der Waals surface area contributed by atoms with Gasteiger partial charge in [0.05, 0.1) is 15.8 Å². The maximum absolute atomic E-state index is 12.4. The van der Waals surface area contributed by atoms with Crippen molar-refractivity contribution in [3.05, 3.63) is 72.3 Å². The molecule has 21 heavy (non-hydrogen) atoms. The predicted octanol–water partition coefficient (Wildman–Crippen LogP) is 4.60. The van der Waals surface area contributed by atoms with E-state index in [0.717, 1.165) is 21.5 Å². The van der Waals surface area contributed by atoms with E-state index in [1.807, 2.05) is 73.7 Å². The topological polar surface area (TPSA) is 30.0 Å². The van der Waals surface area contributed by atoms with Crippen LogP contribution in [0.2, 0.25) is 0 Å². The molecule has 0 spiro atoms. The van der Waals surface area contributed by atoms with Crippen LogP contribution in [0.25, 0.3) is 10.9 Å². The molecule has 104 valence electrons. The Morgan fingerprint density at radius 3 is 2.48 bits per heavy atom. The minimum Gasteiger partial charge on any atom is -0.293 e. The van der Waals surface area contributed by atoms with Gasteiger partial charge in [-0.05, 0) is 19.1 Å². The maximum Gasteiger partial charge on any atom is 0.175 e. The molecular formula is C18H15NOS. The zero-order valence-corrected chi connectivity index (χ0v) is 12.5. The quantitative estimate of drug-likeness (QED) is 0.520. The number of Topliss-reactive ketones (excluding diaryl/α,β-unsaturated/α-hetero) is 1. The van der Waals surface area contributed by atoms with Gasteiger partial charge in [0.15, 0.2) is 5.78 Å². The molecule has 2 aromatic carbocycles. The highest BCUT2D eigenvalue weighted by atomic mass is 32.2. The lowest BCUT2D eigenvalue weighted by Gasteiger charge is -2.10. The molecule has 1 atom stereocenters. The van der Waals surface area contributed by atoms with Gasteiger partial charge in [-0.3, -0.25) is 4.79 Å². The molecule has 0 aliphatic rings. The number of benzene rings is 2. The van der Waals surface area contributed by atoms with Crippen molar-refractivity contribution in [1.82, 2.24) is 4.98 Å². The summed E-state index contributed by atoms with van der Waals surface area (Å²) in [6.45, 7) is 1.93. The van der Waals surface area contributed by atoms with E-state index < -0.39 is 0 Å². The number of para-hydroxylation sites is 1. The zero-order chi connectivity index (χ0) is 14.7. The predicted molar refractivity (Wildman–Crippen MR) is 87.8 cm³/mol. The molecule has 0 radical (unpaired) electrons. The van der Waals surface area contributed by atoms with Crippen LogP contribution in [0, 0.1) is 0 Å². The van der Waals surface area contributed by atoms with Crippen LogP contribution >= 0.6 is 11.8 Å². The van der Waals surface area contributed by atoms with Gasteiger partial charge in [0.2, 0.25) is 0 Å². The first-order valence-electron chi connectivity index (χ1n) is 6.86. The Morgan fingerprint density at radius 2 is 1.67 bits per heavy atom. The second kappa shape index (κ2) is 6.10. The minimum absolute atomic E-state index is 0.135. The highest BCUT2D eigenvalue weighted by Crippen LogP contribution is 2.26. The lowest BCUT2D eigenvalue weighted by atomic mass is 10.1. The first-order valence-corrected chi connectivity index (χ1v) is 7.74. The molecule has 0 aliphatic carbocycles. The molecule has 2 nitrogen and oxygen atoms in total. The van der Waals surface area contributed by atoms with Crippen LogP contribution in [0.5, 0.6) is 0 Å². The molecular weight excluding hydrogens is 278 g/mol. The summed E-state index contributed by atoms with van der Waals surface area (Å²) in [4.78, 5) is 17.0. The van der Waals surface area contributed by atoms with E-state index >= 15 is 0 Å². The third-order valence-corrected chi connectivity index (χ3v) is 4.33. The van der Waals surface area contributed by atoms with E-state index in [-0.39, 0.29) is 11.0 Å². The molecule has 0 saturated carbocycles. The van der Waals surface area contributed by atoms with Crippen molar-refractivity contribution >= 4 is 28.4 Å². The number of aromatic nitrogens is 1. The largest absolute Gasteiger partial charge is 0.293 e. The fourth-order valence-electron chi connectivity index (χ4n) is 2.18. The zero-order valence-electron chi connectivity index (χ0n) is 11.7. The third kappa shape index (κ3) is 3.14. The van der Waals surface area contributed by atoms with Gasteiger partial charge in [0.25, 0.3) is 0 Å². The standard InChI is InChI=1S/C18H15NOS/c1-13(18(20)15-8-3-2-4-9-15)21-17-12-11-14-7-5-6-10-16(14)19-17/h2-13H,1H3. The average molecular weight is 293 g/mol. The molecule has 3 aromatic rings. The summed E-state index contributed by atoms with van der Waals surface area (Å²) in [5.74, 6) is 0.135. The van der Waals surface area contributed by atoms with Crippen LogP contribution in [0.15, 0.2) is 71.8 Å². The maximum atomic E-state index is 12.4. The molecule has 3 rings (SSSR count). The molecule has 1 unspecified atom stereocenters. The van der Waals surface area contributed by atoms with Crippen molar-refractivity contribution in [2.24, 2.45) is 0 Å². The van der Waals surface area contributed by atoms with Crippen LogP contribution in [0.4, 0.5) is 0 Å². The van der Waals surface area contributed by atoms with E-state index in [1.165, 1.54) is 11.8 Å². The van der Waals surface area contributed by atoms with Gasteiger partial charge in [-0.25, -0.2) is 4.98 Å². The van der Waals surface area contributed by atoms with Gasteiger partial charge in [-0.1, -0.05) is 66.4 Å². The van der Waals surface area contributed by atoms with Gasteiger partial charge in [0, 0.05) is 10.9 Å². The number of hydrogen-bond donors (Lipinski definition) is 0. The van der Waals surface area contributed by atoms with Crippen LogP contribution in [-0.2, 0) is 0 Å². The number of carbonyl (C=O) groups is 1. The first-order chi connectivity index (χ1) is 10.2. The molecule has 0 N–H and O–H groups in total. The van der Waals surface area contributed by atoms with Gasteiger partial charge in [0.1, 0.15) is 0 Å². The van der Waals surface area contributed by atoms with Gasteiger partial charge >= 0.3 is 0 Å². The smallest absolute Gasteiger partial charge is 0.175 e. The van der Waals surface area contributed by atoms with Crippen molar-refractivity contribution in [2.75, 3.05) is 0 Å². The van der Waals surface area contributed by atoms with Gasteiger partial charge in [-0.2, -0.15) is 0 Å². The number of carbonyl (C=O) groups excluding carboxylic acids is 1. The van der Waals surface area contributed by atoms with Crippen molar-refractivity contribution < 1.29 is 4.79 Å². The minimum atomic E-state index is -0.152. The fraction of sp³-hybridized carbons (Fsp3) is 0.111. The highest BCUT2D eigenvalue weighted by Gasteiger charge is 2.16. The van der Waals surface area contributed by atoms with E-state index in [9.17, 15) is 4.79 Å². The van der Waals surface area contributed by atoms with E-state index in [0.29, 0.717) is 0 Å². The van der Waals surface area contributed by atoms with Crippen LogP contribution in [0.1, 0.15) is 17.3 Å². The van der Waals surface area contributed by atoms with Crippen LogP contribution in [0.3, 0.4) is 0 Å². The molecule has 1 aromatic heterocycles. The summed E-state index contributed by atoms with van der Waals surface area (Å²) >= 11 is 1.50. The van der Waals surface area contributed by atoms with E-state index in [2.05, 4.69) is 4.98 Å². The van der Waals surface area contributed by atoms with Gasteiger partial charge < -0.3 is 0 Å². The molecule has 0 fully saturated rings. The average Bonchev–Trinajstić information content (AvgIpc) is 2.55. The van der Waals surface area contributed by atoms with Gasteiger partial charge in [-0.15, -0.1) is 0 Å². The molecule has 3 heteroatoms. The lowest BCUT2D eigenvalue weighted by molar-refractivity contribution is 0.0994. The SMILES string of the molecule is CC(Sc1ccc2ccccc2n1)C(=O)c1ccccc1. The third-order valence-electron chi connectivity index (χ3n) is 3.30. The van der Waals surface area contributed by atoms with Crippen molar-refractivity contribution in [3.63, 3.8) is 0 Å². The number of nitrogens with zero attached hydrogens (tertiary/aromatic N) is 1. The van der Waals surface area contributed by atoms with Crippen LogP contribution in [-0.4, -0.2) is 16.0 Å². The summed E-state index contributed by atoms with van der Waals surface area (Å²) in [7, 11) is 0. The number of ketones is 1. The molecule has 0 saturated heterocycles. The fourth-order valence-corrected chi connectivity index (χ4v) is 3.09. The monoisotopic (exact) mass is 293 g/mol. The summed E-state index contributed by atoms with van der Waals surface area (Å²) in [5, 5.41) is 1.84. The number of hydrogen-bond acceptors (Lipinski definition) is 3. The Labute approximate surface area is 128 Å². The molecule has 0 amide bonds. The second-order valence-electron chi connectivity index (χ2n) is 4.83. The number of pyridine rings is 1. The lowest BCUT2D eigenvalue weighted by Crippen LogP contribution is -2.13. The Morgan fingerprint density at radius 1 is 0.952 bits per heavy atom.